The van der Waals surface area contributed by atoms with Crippen LogP contribution in [-0.4, -0.2) is 17.9 Å². The van der Waals surface area contributed by atoms with E-state index < -0.39 is 0 Å². The lowest BCUT2D eigenvalue weighted by atomic mass is 9.84. The Morgan fingerprint density at radius 2 is 2.11 bits per heavy atom. The van der Waals surface area contributed by atoms with Crippen LogP contribution in [0.1, 0.15) is 39.5 Å². The van der Waals surface area contributed by atoms with E-state index in [1.807, 2.05) is 13.0 Å². The highest BCUT2D eigenvalue weighted by atomic mass is 16.6. The zero-order valence-corrected chi connectivity index (χ0v) is 11.1. The van der Waals surface area contributed by atoms with Gasteiger partial charge in [-0.25, -0.2) is 4.79 Å². The summed E-state index contributed by atoms with van der Waals surface area (Å²) in [4.78, 5) is 23.4. The first-order chi connectivity index (χ1) is 8.49. The van der Waals surface area contributed by atoms with Crippen molar-refractivity contribution in [3.05, 3.63) is 23.8 Å². The van der Waals surface area contributed by atoms with Crippen LogP contribution < -0.4 is 0 Å². The third kappa shape index (κ3) is 2.55. The molecule has 0 amide bonds. The van der Waals surface area contributed by atoms with Gasteiger partial charge in [-0.3, -0.25) is 4.79 Å². The quantitative estimate of drug-likeness (QED) is 0.489. The number of ketones is 1. The largest absolute Gasteiger partial charge is 0.458 e. The Labute approximate surface area is 108 Å². The van der Waals surface area contributed by atoms with Gasteiger partial charge in [0.1, 0.15) is 6.10 Å². The third-order valence-corrected chi connectivity index (χ3v) is 4.03. The van der Waals surface area contributed by atoms with Gasteiger partial charge in [-0.05, 0) is 37.7 Å². The topological polar surface area (TPSA) is 43.4 Å². The fraction of sp³-hybridized carbons (Fsp3) is 0.600. The molecule has 0 unspecified atom stereocenters. The molecule has 0 spiro atoms. The van der Waals surface area contributed by atoms with Crippen molar-refractivity contribution in [2.24, 2.45) is 11.8 Å². The number of hydrogen-bond donors (Lipinski definition) is 0. The molecule has 0 bridgehead atoms. The molecule has 98 valence electrons. The summed E-state index contributed by atoms with van der Waals surface area (Å²) in [6, 6.07) is 0. The first kappa shape index (κ1) is 13.1. The number of carbonyl (C=O) groups is 2. The molecule has 3 nitrogen and oxygen atoms in total. The first-order valence-corrected chi connectivity index (χ1v) is 6.58. The second-order valence-electron chi connectivity index (χ2n) is 5.50. The van der Waals surface area contributed by atoms with Gasteiger partial charge in [0.05, 0.1) is 0 Å². The molecule has 1 fully saturated rings. The average molecular weight is 248 g/mol. The van der Waals surface area contributed by atoms with Crippen LogP contribution >= 0.6 is 0 Å². The van der Waals surface area contributed by atoms with E-state index in [4.69, 9.17) is 4.74 Å². The number of allylic oxidation sites excluding steroid dienone is 2. The van der Waals surface area contributed by atoms with Crippen molar-refractivity contribution in [2.45, 2.75) is 45.6 Å². The Morgan fingerprint density at radius 3 is 2.83 bits per heavy atom. The Morgan fingerprint density at radius 1 is 1.39 bits per heavy atom. The summed E-state index contributed by atoms with van der Waals surface area (Å²) in [6.45, 7) is 7.79. The van der Waals surface area contributed by atoms with Gasteiger partial charge in [-0.15, -0.1) is 0 Å². The van der Waals surface area contributed by atoms with Crippen molar-refractivity contribution in [3.8, 4) is 0 Å². The highest BCUT2D eigenvalue weighted by Crippen LogP contribution is 2.35. The molecule has 3 heteroatoms. The standard InChI is InChI=1S/C15H20O3/c1-9-4-7-13(16)10(2)5-6-12-11(3)15(17)18-14(12)8-9/h5,9,12,14H,3-4,6-8H2,1-2H3/b10-5+/t9-,12+,14+/m0/s1. The number of carbonyl (C=O) groups excluding carboxylic acids is 2. The highest BCUT2D eigenvalue weighted by Gasteiger charge is 2.38. The lowest BCUT2D eigenvalue weighted by Gasteiger charge is -2.21. The number of ether oxygens (including phenoxy) is 1. The lowest BCUT2D eigenvalue weighted by Crippen LogP contribution is -2.21. The molecular formula is C15H20O3. The maximum atomic E-state index is 11.8. The molecule has 3 atom stereocenters. The van der Waals surface area contributed by atoms with Crippen molar-refractivity contribution in [1.82, 2.24) is 0 Å². The van der Waals surface area contributed by atoms with Crippen molar-refractivity contribution in [1.29, 1.82) is 0 Å². The molecule has 0 aromatic carbocycles. The molecule has 2 aliphatic rings. The maximum Gasteiger partial charge on any atom is 0.334 e. The van der Waals surface area contributed by atoms with Crippen LogP contribution in [0.25, 0.3) is 0 Å². The molecule has 0 saturated carbocycles. The minimum atomic E-state index is -0.270. The molecule has 1 saturated heterocycles. The van der Waals surface area contributed by atoms with Gasteiger partial charge in [0, 0.05) is 17.9 Å². The van der Waals surface area contributed by atoms with Crippen LogP contribution in [-0.2, 0) is 14.3 Å². The Hall–Kier alpha value is -1.38. The monoisotopic (exact) mass is 248 g/mol. The van der Waals surface area contributed by atoms with Crippen molar-refractivity contribution in [3.63, 3.8) is 0 Å². The highest BCUT2D eigenvalue weighted by molar-refractivity contribution is 5.95. The summed E-state index contributed by atoms with van der Waals surface area (Å²) < 4.78 is 5.39. The van der Waals surface area contributed by atoms with Crippen LogP contribution in [0.4, 0.5) is 0 Å². The van der Waals surface area contributed by atoms with Gasteiger partial charge in [0.2, 0.25) is 0 Å². The van der Waals surface area contributed by atoms with Gasteiger partial charge in [-0.1, -0.05) is 19.6 Å². The van der Waals surface area contributed by atoms with E-state index in [1.165, 1.54) is 0 Å². The molecule has 1 aliphatic heterocycles. The SMILES string of the molecule is C=C1C(=O)O[C@@H]2C[C@@H](C)CCC(=O)/C(C)=C/C[C@H]12. The zero-order valence-electron chi connectivity index (χ0n) is 11.1. The van der Waals surface area contributed by atoms with E-state index in [0.717, 1.165) is 18.4 Å². The molecule has 0 aromatic rings. The predicted octanol–water partition coefficient (Wildman–Crippen LogP) is 2.81. The van der Waals surface area contributed by atoms with Crippen molar-refractivity contribution in [2.75, 3.05) is 0 Å². The van der Waals surface area contributed by atoms with Gasteiger partial charge < -0.3 is 4.74 Å². The van der Waals surface area contributed by atoms with E-state index >= 15 is 0 Å². The number of rotatable bonds is 0. The van der Waals surface area contributed by atoms with E-state index in [1.54, 1.807) is 0 Å². The van der Waals surface area contributed by atoms with E-state index in [-0.39, 0.29) is 23.8 Å². The Kier molecular flexibility index (Phi) is 3.69. The second kappa shape index (κ2) is 5.09. The summed E-state index contributed by atoms with van der Waals surface area (Å²) in [5.41, 5.74) is 1.36. The molecular weight excluding hydrogens is 228 g/mol. The summed E-state index contributed by atoms with van der Waals surface area (Å²) in [6.07, 6.45) is 4.84. The molecule has 1 heterocycles. The third-order valence-electron chi connectivity index (χ3n) is 4.03. The van der Waals surface area contributed by atoms with Crippen LogP contribution in [0.3, 0.4) is 0 Å². The summed E-state index contributed by atoms with van der Waals surface area (Å²) >= 11 is 0. The summed E-state index contributed by atoms with van der Waals surface area (Å²) in [5, 5.41) is 0. The minimum absolute atomic E-state index is 0.0424. The van der Waals surface area contributed by atoms with Gasteiger partial charge in [-0.2, -0.15) is 0 Å². The molecule has 0 aromatic heterocycles. The normalized spacial score (nSPS) is 36.7. The molecule has 0 radical (unpaired) electrons. The maximum absolute atomic E-state index is 11.8. The van der Waals surface area contributed by atoms with Crippen LogP contribution in [0.15, 0.2) is 23.8 Å². The molecule has 1 aliphatic carbocycles. The molecule has 0 N–H and O–H groups in total. The van der Waals surface area contributed by atoms with Gasteiger partial charge in [0.25, 0.3) is 0 Å². The molecule has 18 heavy (non-hydrogen) atoms. The fourth-order valence-electron chi connectivity index (χ4n) is 2.68. The van der Waals surface area contributed by atoms with Gasteiger partial charge >= 0.3 is 5.97 Å². The van der Waals surface area contributed by atoms with Crippen LogP contribution in [0, 0.1) is 11.8 Å². The first-order valence-electron chi connectivity index (χ1n) is 6.58. The van der Waals surface area contributed by atoms with Crippen LogP contribution in [0.2, 0.25) is 0 Å². The zero-order chi connectivity index (χ0) is 13.3. The van der Waals surface area contributed by atoms with Crippen molar-refractivity contribution < 1.29 is 14.3 Å². The number of esters is 1. The Balaban J connectivity index is 2.23. The fourth-order valence-corrected chi connectivity index (χ4v) is 2.68. The number of Topliss-reactive ketones (excluding diaryl/α,β-unsaturated/α-hetero) is 1. The van der Waals surface area contributed by atoms with Gasteiger partial charge in [0.15, 0.2) is 5.78 Å². The smallest absolute Gasteiger partial charge is 0.334 e. The van der Waals surface area contributed by atoms with Crippen LogP contribution in [0.5, 0.6) is 0 Å². The average Bonchev–Trinajstić information content (AvgIpc) is 2.58. The number of hydrogen-bond acceptors (Lipinski definition) is 3. The summed E-state index contributed by atoms with van der Waals surface area (Å²) in [7, 11) is 0. The lowest BCUT2D eigenvalue weighted by molar-refractivity contribution is -0.139. The second-order valence-corrected chi connectivity index (χ2v) is 5.50. The number of fused-ring (bicyclic) bond motifs is 1. The minimum Gasteiger partial charge on any atom is -0.458 e. The Bertz CT molecular complexity index is 419. The van der Waals surface area contributed by atoms with E-state index in [0.29, 0.717) is 24.3 Å². The van der Waals surface area contributed by atoms with E-state index in [9.17, 15) is 9.59 Å². The van der Waals surface area contributed by atoms with E-state index in [2.05, 4.69) is 13.5 Å². The summed E-state index contributed by atoms with van der Waals surface area (Å²) in [5.74, 6) is 0.386. The molecule has 2 rings (SSSR count). The van der Waals surface area contributed by atoms with Crippen molar-refractivity contribution >= 4 is 11.8 Å². The predicted molar refractivity (Wildman–Crippen MR) is 68.9 cm³/mol.